The van der Waals surface area contributed by atoms with Gasteiger partial charge < -0.3 is 15.4 Å². The summed E-state index contributed by atoms with van der Waals surface area (Å²) in [6, 6.07) is 0. The lowest BCUT2D eigenvalue weighted by Gasteiger charge is -2.12. The van der Waals surface area contributed by atoms with Crippen molar-refractivity contribution in [3.8, 4) is 0 Å². The van der Waals surface area contributed by atoms with Crippen molar-refractivity contribution in [2.24, 2.45) is 5.41 Å². The van der Waals surface area contributed by atoms with Crippen LogP contribution in [0.5, 0.6) is 0 Å². The summed E-state index contributed by atoms with van der Waals surface area (Å²) in [5, 5.41) is 5.94. The summed E-state index contributed by atoms with van der Waals surface area (Å²) < 4.78 is 3.99. The van der Waals surface area contributed by atoms with E-state index in [0.717, 1.165) is 6.54 Å². The predicted octanol–water partition coefficient (Wildman–Crippen LogP) is 0.922. The monoisotopic (exact) mass is 268 g/mol. The van der Waals surface area contributed by atoms with E-state index < -0.39 is 9.75 Å². The molecule has 0 aromatic carbocycles. The van der Waals surface area contributed by atoms with Crippen molar-refractivity contribution in [1.82, 2.24) is 10.6 Å². The summed E-state index contributed by atoms with van der Waals surface area (Å²) in [4.78, 5) is 11.7. The van der Waals surface area contributed by atoms with Crippen LogP contribution in [0.25, 0.3) is 0 Å². The highest BCUT2D eigenvalue weighted by Crippen LogP contribution is 2.63. The van der Waals surface area contributed by atoms with Crippen molar-refractivity contribution < 1.29 is 9.53 Å². The number of nitrogens with one attached hydrogen (secondary N) is 2. The summed E-state index contributed by atoms with van der Waals surface area (Å²) in [7, 11) is 1.65. The number of rotatable bonds is 7. The maximum atomic E-state index is 11.7. The number of amides is 1. The van der Waals surface area contributed by atoms with Crippen molar-refractivity contribution in [2.75, 3.05) is 33.4 Å². The average molecular weight is 269 g/mol. The highest BCUT2D eigenvalue weighted by Gasteiger charge is 2.67. The Kier molecular flexibility index (Phi) is 4.86. The highest BCUT2D eigenvalue weighted by atomic mass is 35.5. The van der Waals surface area contributed by atoms with Gasteiger partial charge in [0, 0.05) is 26.7 Å². The van der Waals surface area contributed by atoms with Crippen LogP contribution >= 0.6 is 23.2 Å². The molecule has 1 fully saturated rings. The maximum absolute atomic E-state index is 11.7. The summed E-state index contributed by atoms with van der Waals surface area (Å²) >= 11 is 11.8. The van der Waals surface area contributed by atoms with Gasteiger partial charge in [-0.1, -0.05) is 0 Å². The van der Waals surface area contributed by atoms with Crippen LogP contribution in [0.3, 0.4) is 0 Å². The van der Waals surface area contributed by atoms with E-state index in [1.54, 1.807) is 14.0 Å². The molecule has 0 spiro atoms. The van der Waals surface area contributed by atoms with Crippen LogP contribution in [0, 0.1) is 5.41 Å². The second-order valence-corrected chi connectivity index (χ2v) is 5.70. The smallest absolute Gasteiger partial charge is 0.229 e. The SMILES string of the molecule is COCCNCCNC(=O)[C@@]1(C)CC1(Cl)Cl. The number of alkyl halides is 2. The van der Waals surface area contributed by atoms with Crippen LogP contribution in [-0.4, -0.2) is 43.6 Å². The van der Waals surface area contributed by atoms with Crippen LogP contribution in [0.4, 0.5) is 0 Å². The van der Waals surface area contributed by atoms with Gasteiger partial charge in [0.2, 0.25) is 5.91 Å². The topological polar surface area (TPSA) is 50.4 Å². The molecule has 0 heterocycles. The van der Waals surface area contributed by atoms with E-state index in [0.29, 0.717) is 26.1 Å². The number of hydrogen-bond donors (Lipinski definition) is 2. The lowest BCUT2D eigenvalue weighted by Crippen LogP contribution is -2.38. The van der Waals surface area contributed by atoms with E-state index >= 15 is 0 Å². The molecular formula is C10H18Cl2N2O2. The molecule has 94 valence electrons. The Morgan fingerprint density at radius 3 is 2.50 bits per heavy atom. The van der Waals surface area contributed by atoms with Crippen molar-refractivity contribution in [3.05, 3.63) is 0 Å². The zero-order valence-electron chi connectivity index (χ0n) is 9.61. The number of ether oxygens (including phenoxy) is 1. The molecule has 2 N–H and O–H groups in total. The Bertz CT molecular complexity index is 261. The van der Waals surface area contributed by atoms with Gasteiger partial charge in [-0.25, -0.2) is 0 Å². The van der Waals surface area contributed by atoms with Gasteiger partial charge in [-0.05, 0) is 13.3 Å². The lowest BCUT2D eigenvalue weighted by molar-refractivity contribution is -0.125. The van der Waals surface area contributed by atoms with Crippen LogP contribution < -0.4 is 10.6 Å². The van der Waals surface area contributed by atoms with Crippen molar-refractivity contribution in [1.29, 1.82) is 0 Å². The molecule has 0 radical (unpaired) electrons. The van der Waals surface area contributed by atoms with Crippen LogP contribution in [0.15, 0.2) is 0 Å². The fourth-order valence-electron chi connectivity index (χ4n) is 1.40. The van der Waals surface area contributed by atoms with E-state index in [-0.39, 0.29) is 5.91 Å². The summed E-state index contributed by atoms with van der Waals surface area (Å²) in [5.41, 5.74) is -0.622. The summed E-state index contributed by atoms with van der Waals surface area (Å²) in [6.45, 7) is 4.50. The van der Waals surface area contributed by atoms with Gasteiger partial charge in [-0.2, -0.15) is 0 Å². The molecule has 0 aliphatic heterocycles. The maximum Gasteiger partial charge on any atom is 0.229 e. The van der Waals surface area contributed by atoms with Crippen molar-refractivity contribution in [2.45, 2.75) is 17.7 Å². The minimum absolute atomic E-state index is 0.0777. The molecule has 0 unspecified atom stereocenters. The number of halogens is 2. The van der Waals surface area contributed by atoms with Crippen LogP contribution in [0.2, 0.25) is 0 Å². The Labute approximate surface area is 106 Å². The van der Waals surface area contributed by atoms with E-state index in [4.69, 9.17) is 27.9 Å². The summed E-state index contributed by atoms with van der Waals surface area (Å²) in [5.74, 6) is -0.0777. The molecule has 0 aromatic heterocycles. The number of carbonyl (C=O) groups is 1. The van der Waals surface area contributed by atoms with Gasteiger partial charge in [0.15, 0.2) is 0 Å². The van der Waals surface area contributed by atoms with Gasteiger partial charge in [0.1, 0.15) is 4.33 Å². The van der Waals surface area contributed by atoms with E-state index in [1.807, 2.05) is 0 Å². The van der Waals surface area contributed by atoms with Gasteiger partial charge >= 0.3 is 0 Å². The van der Waals surface area contributed by atoms with E-state index in [2.05, 4.69) is 10.6 Å². The van der Waals surface area contributed by atoms with Crippen molar-refractivity contribution in [3.63, 3.8) is 0 Å². The van der Waals surface area contributed by atoms with Gasteiger partial charge in [-0.15, -0.1) is 23.2 Å². The predicted molar refractivity (Wildman–Crippen MR) is 64.9 cm³/mol. The Balaban J connectivity index is 2.08. The molecule has 1 amide bonds. The van der Waals surface area contributed by atoms with Crippen molar-refractivity contribution >= 4 is 29.1 Å². The molecular weight excluding hydrogens is 251 g/mol. The normalized spacial score (nSPS) is 26.5. The molecule has 1 aliphatic carbocycles. The largest absolute Gasteiger partial charge is 0.383 e. The zero-order valence-corrected chi connectivity index (χ0v) is 11.1. The van der Waals surface area contributed by atoms with Crippen LogP contribution in [-0.2, 0) is 9.53 Å². The first kappa shape index (κ1) is 14.0. The minimum Gasteiger partial charge on any atom is -0.383 e. The summed E-state index contributed by atoms with van der Waals surface area (Å²) in [6.07, 6.45) is 0.520. The Hall–Kier alpha value is -0.0300. The second-order valence-electron chi connectivity index (χ2n) is 4.21. The van der Waals surface area contributed by atoms with Crippen LogP contribution in [0.1, 0.15) is 13.3 Å². The van der Waals surface area contributed by atoms with Gasteiger partial charge in [0.25, 0.3) is 0 Å². The van der Waals surface area contributed by atoms with E-state index in [1.165, 1.54) is 0 Å². The van der Waals surface area contributed by atoms with E-state index in [9.17, 15) is 4.79 Å². The zero-order chi connectivity index (χ0) is 12.2. The Morgan fingerprint density at radius 1 is 1.38 bits per heavy atom. The molecule has 1 atom stereocenters. The average Bonchev–Trinajstić information content (AvgIpc) is 2.73. The molecule has 1 rings (SSSR count). The third-order valence-electron chi connectivity index (χ3n) is 2.83. The number of methoxy groups -OCH3 is 1. The quantitative estimate of drug-likeness (QED) is 0.534. The molecule has 1 saturated carbocycles. The first-order valence-electron chi connectivity index (χ1n) is 5.30. The molecule has 16 heavy (non-hydrogen) atoms. The number of carbonyl (C=O) groups excluding carboxylic acids is 1. The van der Waals surface area contributed by atoms with Gasteiger partial charge in [-0.3, -0.25) is 4.79 Å². The fourth-order valence-corrected chi connectivity index (χ4v) is 2.11. The molecule has 0 saturated heterocycles. The molecule has 6 heteroatoms. The Morgan fingerprint density at radius 2 is 2.00 bits per heavy atom. The third kappa shape index (κ3) is 3.23. The molecule has 1 aliphatic rings. The number of hydrogen-bond acceptors (Lipinski definition) is 3. The first-order valence-corrected chi connectivity index (χ1v) is 6.05. The standard InChI is InChI=1S/C10H18Cl2N2O2/c1-9(7-10(9,11)12)8(15)14-4-3-13-5-6-16-2/h13H,3-7H2,1-2H3,(H,14,15)/t9-/m1/s1. The molecule has 0 aromatic rings. The lowest BCUT2D eigenvalue weighted by atomic mass is 10.1. The molecule has 0 bridgehead atoms. The third-order valence-corrected chi connectivity index (χ3v) is 3.93. The second kappa shape index (κ2) is 5.54. The first-order chi connectivity index (χ1) is 7.44. The molecule has 4 nitrogen and oxygen atoms in total. The van der Waals surface area contributed by atoms with Gasteiger partial charge in [0.05, 0.1) is 12.0 Å². The highest BCUT2D eigenvalue weighted by molar-refractivity contribution is 6.53. The fraction of sp³-hybridized carbons (Fsp3) is 0.900. The minimum atomic E-state index is -0.888.